The maximum absolute atomic E-state index is 12.8. The molecule has 2 bridgehead atoms. The highest BCUT2D eigenvalue weighted by Crippen LogP contribution is 2.80. The topological polar surface area (TPSA) is 44.3 Å². The first kappa shape index (κ1) is 20.2. The van der Waals surface area contributed by atoms with E-state index in [1.165, 1.54) is 70.6 Å². The van der Waals surface area contributed by atoms with E-state index >= 15 is 0 Å². The molecule has 4 rings (SSSR count). The Balaban J connectivity index is 1.92. The second-order valence-electron chi connectivity index (χ2n) is 11.1. The molecular weight excluding hydrogens is 332 g/mol. The molecule has 4 aliphatic rings. The molecule has 4 fully saturated rings. The van der Waals surface area contributed by atoms with Gasteiger partial charge in [-0.05, 0) is 69.4 Å². The van der Waals surface area contributed by atoms with Crippen LogP contribution in [0.5, 0.6) is 0 Å². The Kier molecular flexibility index (Phi) is 5.01. The average Bonchev–Trinajstić information content (AvgIpc) is 2.97. The summed E-state index contributed by atoms with van der Waals surface area (Å²) in [6.07, 6.45) is 14.8. The van der Waals surface area contributed by atoms with Crippen LogP contribution in [0, 0.1) is 34.0 Å². The number of hydrogen-bond acceptors (Lipinski definition) is 3. The monoisotopic (exact) mass is 376 g/mol. The summed E-state index contributed by atoms with van der Waals surface area (Å²) in [6.45, 7) is 7.35. The zero-order valence-electron chi connectivity index (χ0n) is 18.5. The van der Waals surface area contributed by atoms with Crippen LogP contribution in [0.15, 0.2) is 0 Å². The lowest BCUT2D eigenvalue weighted by atomic mass is 9.47. The van der Waals surface area contributed by atoms with Gasteiger partial charge in [0.25, 0.3) is 0 Å². The lowest BCUT2D eigenvalue weighted by Crippen LogP contribution is -2.73. The van der Waals surface area contributed by atoms with E-state index in [1.54, 1.807) is 0 Å². The fourth-order valence-electron chi connectivity index (χ4n) is 9.33. The normalized spacial score (nSPS) is 44.7. The predicted octanol–water partition coefficient (Wildman–Crippen LogP) is 4.70. The number of rotatable bonds is 4. The van der Waals surface area contributed by atoms with Crippen molar-refractivity contribution in [1.82, 2.24) is 10.6 Å². The zero-order chi connectivity index (χ0) is 19.5. The van der Waals surface area contributed by atoms with E-state index in [2.05, 4.69) is 45.5 Å². The van der Waals surface area contributed by atoms with Gasteiger partial charge in [-0.1, -0.05) is 59.3 Å². The summed E-state index contributed by atoms with van der Waals surface area (Å²) in [7, 11) is 4.15. The Morgan fingerprint density at radius 1 is 0.778 bits per heavy atom. The summed E-state index contributed by atoms with van der Waals surface area (Å²) in [5, 5.41) is 20.0. The van der Waals surface area contributed by atoms with E-state index in [9.17, 15) is 5.11 Å². The summed E-state index contributed by atoms with van der Waals surface area (Å²) in [5.74, 6) is 1.95. The lowest BCUT2D eigenvalue weighted by molar-refractivity contribution is -0.238. The first-order valence-corrected chi connectivity index (χ1v) is 11.9. The second kappa shape index (κ2) is 6.71. The van der Waals surface area contributed by atoms with E-state index in [0.717, 1.165) is 0 Å². The van der Waals surface area contributed by atoms with Gasteiger partial charge in [0.2, 0.25) is 0 Å². The lowest BCUT2D eigenvalue weighted by Gasteiger charge is -2.63. The van der Waals surface area contributed by atoms with Gasteiger partial charge in [0.1, 0.15) is 5.72 Å². The van der Waals surface area contributed by atoms with Gasteiger partial charge in [-0.2, -0.15) is 0 Å². The quantitative estimate of drug-likeness (QED) is 0.623. The van der Waals surface area contributed by atoms with Gasteiger partial charge in [-0.25, -0.2) is 0 Å². The molecule has 0 aromatic carbocycles. The van der Waals surface area contributed by atoms with Crippen LogP contribution in [0.25, 0.3) is 0 Å². The Labute approximate surface area is 167 Å². The fourth-order valence-corrected chi connectivity index (χ4v) is 9.33. The molecule has 0 amide bonds. The molecule has 4 atom stereocenters. The number of fused-ring (bicyclic) bond motifs is 2. The number of aliphatic hydroxyl groups is 1. The Hall–Kier alpha value is -0.120. The van der Waals surface area contributed by atoms with Crippen molar-refractivity contribution in [2.24, 2.45) is 34.0 Å². The molecular formula is C24H44N2O. The Morgan fingerprint density at radius 3 is 1.67 bits per heavy atom. The average molecular weight is 377 g/mol. The SMILES string of the molecule is CNC1CC2C(C)(C)C1(C)C(O)(NC)C2(C1CCCCC1)C1CCCCC1. The van der Waals surface area contributed by atoms with Gasteiger partial charge in [0, 0.05) is 16.9 Å². The Morgan fingerprint density at radius 2 is 1.26 bits per heavy atom. The third-order valence-corrected chi connectivity index (χ3v) is 10.6. The molecule has 0 spiro atoms. The van der Waals surface area contributed by atoms with Crippen molar-refractivity contribution >= 4 is 0 Å². The number of hydrogen-bond donors (Lipinski definition) is 3. The minimum Gasteiger partial charge on any atom is -0.375 e. The van der Waals surface area contributed by atoms with Crippen LogP contribution >= 0.6 is 0 Å². The molecule has 4 saturated carbocycles. The molecule has 156 valence electrons. The van der Waals surface area contributed by atoms with Crippen molar-refractivity contribution in [3.63, 3.8) is 0 Å². The van der Waals surface area contributed by atoms with E-state index in [4.69, 9.17) is 0 Å². The van der Waals surface area contributed by atoms with Crippen LogP contribution in [0.1, 0.15) is 91.4 Å². The Bertz CT molecular complexity index is 531. The van der Waals surface area contributed by atoms with Crippen LogP contribution in [-0.4, -0.2) is 31.0 Å². The van der Waals surface area contributed by atoms with Crippen LogP contribution in [0.4, 0.5) is 0 Å². The summed E-state index contributed by atoms with van der Waals surface area (Å²) in [6, 6.07) is 0.384. The molecule has 0 aliphatic heterocycles. The van der Waals surface area contributed by atoms with Crippen molar-refractivity contribution < 1.29 is 5.11 Å². The second-order valence-corrected chi connectivity index (χ2v) is 11.1. The van der Waals surface area contributed by atoms with Crippen molar-refractivity contribution in [2.75, 3.05) is 14.1 Å². The summed E-state index contributed by atoms with van der Waals surface area (Å²) >= 11 is 0. The van der Waals surface area contributed by atoms with Gasteiger partial charge in [-0.3, -0.25) is 5.32 Å². The molecule has 0 aromatic rings. The van der Waals surface area contributed by atoms with Crippen molar-refractivity contribution in [3.05, 3.63) is 0 Å². The number of nitrogens with one attached hydrogen (secondary N) is 2. The van der Waals surface area contributed by atoms with Crippen molar-refractivity contribution in [2.45, 2.75) is 103 Å². The maximum Gasteiger partial charge on any atom is 0.129 e. The van der Waals surface area contributed by atoms with Gasteiger partial charge >= 0.3 is 0 Å². The van der Waals surface area contributed by atoms with Gasteiger partial charge in [-0.15, -0.1) is 0 Å². The first-order valence-electron chi connectivity index (χ1n) is 11.9. The van der Waals surface area contributed by atoms with Crippen LogP contribution in [0.2, 0.25) is 0 Å². The van der Waals surface area contributed by atoms with Crippen LogP contribution in [0.3, 0.4) is 0 Å². The van der Waals surface area contributed by atoms with E-state index in [-0.39, 0.29) is 16.2 Å². The van der Waals surface area contributed by atoms with Crippen LogP contribution < -0.4 is 10.6 Å². The molecule has 0 heterocycles. The molecule has 0 saturated heterocycles. The van der Waals surface area contributed by atoms with Crippen molar-refractivity contribution in [1.29, 1.82) is 0 Å². The molecule has 27 heavy (non-hydrogen) atoms. The smallest absolute Gasteiger partial charge is 0.129 e. The molecule has 0 radical (unpaired) electrons. The minimum absolute atomic E-state index is 0.0359. The molecule has 3 nitrogen and oxygen atoms in total. The highest BCUT2D eigenvalue weighted by molar-refractivity contribution is 5.32. The van der Waals surface area contributed by atoms with Gasteiger partial charge in [0.05, 0.1) is 0 Å². The summed E-state index contributed by atoms with van der Waals surface area (Å²) in [5.41, 5.74) is -0.769. The molecule has 4 unspecified atom stereocenters. The van der Waals surface area contributed by atoms with E-state index < -0.39 is 5.72 Å². The van der Waals surface area contributed by atoms with Gasteiger partial charge in [0.15, 0.2) is 0 Å². The third-order valence-electron chi connectivity index (χ3n) is 10.6. The predicted molar refractivity (Wildman–Crippen MR) is 112 cm³/mol. The van der Waals surface area contributed by atoms with E-state index in [1.807, 2.05) is 0 Å². The largest absolute Gasteiger partial charge is 0.375 e. The van der Waals surface area contributed by atoms with Crippen molar-refractivity contribution in [3.8, 4) is 0 Å². The highest BCUT2D eigenvalue weighted by Gasteiger charge is 2.84. The maximum atomic E-state index is 12.8. The van der Waals surface area contributed by atoms with Crippen LogP contribution in [-0.2, 0) is 0 Å². The molecule has 0 aromatic heterocycles. The molecule has 4 aliphatic carbocycles. The van der Waals surface area contributed by atoms with E-state index in [0.29, 0.717) is 23.8 Å². The highest BCUT2D eigenvalue weighted by atomic mass is 16.3. The summed E-state index contributed by atoms with van der Waals surface area (Å²) in [4.78, 5) is 0. The molecule has 3 N–H and O–H groups in total. The van der Waals surface area contributed by atoms with Gasteiger partial charge < -0.3 is 10.4 Å². The minimum atomic E-state index is -0.788. The standard InChI is InChI=1S/C24H44N2O/c1-21(2)19-16-20(25-4)22(21,3)24(27,26-5)23(19,17-12-8-6-9-13-17)18-14-10-7-11-15-18/h17-20,25-27H,6-16H2,1-5H3. The fraction of sp³-hybridized carbons (Fsp3) is 1.00. The zero-order valence-corrected chi connectivity index (χ0v) is 18.5. The third kappa shape index (κ3) is 2.20. The summed E-state index contributed by atoms with van der Waals surface area (Å²) < 4.78 is 0. The first-order chi connectivity index (χ1) is 12.8. The molecule has 3 heteroatoms.